The molecule has 1 spiro atoms. The third kappa shape index (κ3) is 3.96. The standard InChI is InChI=1S/C27H30ClFN2O3/c1-26(2,3)31-23(32)14-19(24(31)17-9-10-20(28)21(29)13-17)25(33)30-15-18-7-4-5-8-22(18)34-27(16-30)11-6-12-27/h4-5,7-10,13,19,24H,6,11-12,14-16H2,1-3H3. The van der Waals surface area contributed by atoms with Crippen LogP contribution in [-0.2, 0) is 16.1 Å². The number of carbonyl (C=O) groups excluding carboxylic acids is 2. The number of nitrogens with zero attached hydrogens (tertiary/aromatic N) is 2. The van der Waals surface area contributed by atoms with Crippen molar-refractivity contribution in [2.45, 2.75) is 70.2 Å². The second-order valence-corrected chi connectivity index (χ2v) is 11.2. The van der Waals surface area contributed by atoms with Crippen molar-refractivity contribution >= 4 is 23.4 Å². The SMILES string of the molecule is CC(C)(C)N1C(=O)CC(C(=O)N2Cc3ccccc3OC3(CCC3)C2)C1c1ccc(Cl)c(F)c1. The molecule has 5 nitrogen and oxygen atoms in total. The summed E-state index contributed by atoms with van der Waals surface area (Å²) in [6.07, 6.45) is 2.96. The van der Waals surface area contributed by atoms with Crippen molar-refractivity contribution < 1.29 is 18.7 Å². The third-order valence-corrected chi connectivity index (χ3v) is 7.67. The number of fused-ring (bicyclic) bond motifs is 1. The molecule has 2 unspecified atom stereocenters. The predicted molar refractivity (Wildman–Crippen MR) is 128 cm³/mol. The minimum absolute atomic E-state index is 0.0199. The summed E-state index contributed by atoms with van der Waals surface area (Å²) in [5, 5.41) is 0.0199. The first-order valence-electron chi connectivity index (χ1n) is 11.9. The lowest BCUT2D eigenvalue weighted by molar-refractivity contribution is -0.141. The molecular formula is C27H30ClFN2O3. The van der Waals surface area contributed by atoms with Gasteiger partial charge < -0.3 is 14.5 Å². The van der Waals surface area contributed by atoms with E-state index in [0.29, 0.717) is 18.7 Å². The fourth-order valence-corrected chi connectivity index (χ4v) is 5.77. The van der Waals surface area contributed by atoms with Crippen LogP contribution in [0.1, 0.15) is 63.6 Å². The summed E-state index contributed by atoms with van der Waals surface area (Å²) in [5.41, 5.74) is 0.643. The van der Waals surface area contributed by atoms with E-state index >= 15 is 0 Å². The summed E-state index contributed by atoms with van der Waals surface area (Å²) in [6.45, 7) is 6.74. The van der Waals surface area contributed by atoms with Crippen LogP contribution in [0.3, 0.4) is 0 Å². The van der Waals surface area contributed by atoms with Gasteiger partial charge >= 0.3 is 0 Å². The Morgan fingerprint density at radius 1 is 1.18 bits per heavy atom. The largest absolute Gasteiger partial charge is 0.485 e. The highest BCUT2D eigenvalue weighted by atomic mass is 35.5. The summed E-state index contributed by atoms with van der Waals surface area (Å²) in [4.78, 5) is 30.9. The Morgan fingerprint density at radius 2 is 1.91 bits per heavy atom. The molecule has 1 saturated carbocycles. The minimum atomic E-state index is -0.616. The van der Waals surface area contributed by atoms with E-state index in [-0.39, 0.29) is 28.9 Å². The molecule has 2 aromatic carbocycles. The molecule has 5 rings (SSSR count). The average Bonchev–Trinajstić information content (AvgIpc) is 3.00. The lowest BCUT2D eigenvalue weighted by atomic mass is 9.79. The number of hydrogen-bond acceptors (Lipinski definition) is 3. The van der Waals surface area contributed by atoms with E-state index in [2.05, 4.69) is 0 Å². The molecule has 2 atom stereocenters. The smallest absolute Gasteiger partial charge is 0.229 e. The zero-order chi connectivity index (χ0) is 24.3. The number of para-hydroxylation sites is 1. The number of rotatable bonds is 2. The topological polar surface area (TPSA) is 49.9 Å². The van der Waals surface area contributed by atoms with Crippen molar-refractivity contribution in [3.8, 4) is 5.75 Å². The van der Waals surface area contributed by atoms with E-state index in [1.165, 1.54) is 12.1 Å². The molecule has 0 radical (unpaired) electrons. The van der Waals surface area contributed by atoms with Crippen molar-refractivity contribution in [2.24, 2.45) is 5.92 Å². The molecule has 2 amide bonds. The van der Waals surface area contributed by atoms with E-state index in [9.17, 15) is 14.0 Å². The molecule has 1 saturated heterocycles. The van der Waals surface area contributed by atoms with Crippen molar-refractivity contribution in [3.05, 3.63) is 64.4 Å². The fourth-order valence-electron chi connectivity index (χ4n) is 5.66. The van der Waals surface area contributed by atoms with Crippen LogP contribution in [0.15, 0.2) is 42.5 Å². The Bertz CT molecular complexity index is 1140. The van der Waals surface area contributed by atoms with Crippen LogP contribution < -0.4 is 4.74 Å². The summed E-state index contributed by atoms with van der Waals surface area (Å²) in [6, 6.07) is 11.9. The third-order valence-electron chi connectivity index (χ3n) is 7.36. The van der Waals surface area contributed by atoms with Crippen LogP contribution in [0, 0.1) is 11.7 Å². The average molecular weight is 485 g/mol. The molecule has 1 aliphatic carbocycles. The molecule has 0 bridgehead atoms. The molecule has 180 valence electrons. The summed E-state index contributed by atoms with van der Waals surface area (Å²) < 4.78 is 20.9. The number of amides is 2. The van der Waals surface area contributed by atoms with Gasteiger partial charge in [-0.2, -0.15) is 0 Å². The summed E-state index contributed by atoms with van der Waals surface area (Å²) in [7, 11) is 0. The van der Waals surface area contributed by atoms with Gasteiger partial charge in [0.05, 0.1) is 23.5 Å². The van der Waals surface area contributed by atoms with Crippen molar-refractivity contribution in [1.82, 2.24) is 9.80 Å². The number of halogens is 2. The Hall–Kier alpha value is -2.60. The predicted octanol–water partition coefficient (Wildman–Crippen LogP) is 5.51. The number of benzene rings is 2. The quantitative estimate of drug-likeness (QED) is 0.564. The highest BCUT2D eigenvalue weighted by molar-refractivity contribution is 6.30. The second-order valence-electron chi connectivity index (χ2n) is 10.8. The summed E-state index contributed by atoms with van der Waals surface area (Å²) >= 11 is 5.94. The first-order chi connectivity index (χ1) is 16.1. The van der Waals surface area contributed by atoms with Crippen LogP contribution in [-0.4, -0.2) is 39.3 Å². The lowest BCUT2D eigenvalue weighted by Crippen LogP contribution is -2.53. The van der Waals surface area contributed by atoms with Gasteiger partial charge in [-0.3, -0.25) is 9.59 Å². The number of ether oxygens (including phenoxy) is 1. The van der Waals surface area contributed by atoms with Crippen molar-refractivity contribution in [3.63, 3.8) is 0 Å². The van der Waals surface area contributed by atoms with Gasteiger partial charge in [-0.25, -0.2) is 4.39 Å². The molecule has 2 heterocycles. The Balaban J connectivity index is 1.53. The number of hydrogen-bond donors (Lipinski definition) is 0. The highest BCUT2D eigenvalue weighted by Gasteiger charge is 2.51. The number of likely N-dealkylation sites (tertiary alicyclic amines) is 1. The molecule has 7 heteroatoms. The molecule has 0 aromatic heterocycles. The van der Waals surface area contributed by atoms with Crippen LogP contribution in [0.4, 0.5) is 4.39 Å². The Kier molecular flexibility index (Phi) is 5.63. The van der Waals surface area contributed by atoms with Crippen LogP contribution in [0.25, 0.3) is 0 Å². The summed E-state index contributed by atoms with van der Waals surface area (Å²) in [5.74, 6) is -0.533. The van der Waals surface area contributed by atoms with Gasteiger partial charge in [-0.15, -0.1) is 0 Å². The fraction of sp³-hybridized carbons (Fsp3) is 0.481. The molecule has 2 aromatic rings. The maximum Gasteiger partial charge on any atom is 0.229 e. The molecular weight excluding hydrogens is 455 g/mol. The zero-order valence-corrected chi connectivity index (χ0v) is 20.6. The normalized spacial score (nSPS) is 23.9. The van der Waals surface area contributed by atoms with Crippen LogP contribution in [0.2, 0.25) is 5.02 Å². The van der Waals surface area contributed by atoms with Gasteiger partial charge in [-0.1, -0.05) is 35.9 Å². The van der Waals surface area contributed by atoms with Crippen molar-refractivity contribution in [1.29, 1.82) is 0 Å². The van der Waals surface area contributed by atoms with Gasteiger partial charge in [0.1, 0.15) is 17.2 Å². The highest BCUT2D eigenvalue weighted by Crippen LogP contribution is 2.46. The van der Waals surface area contributed by atoms with Gasteiger partial charge in [-0.05, 0) is 63.8 Å². The first kappa shape index (κ1) is 23.2. The Labute approximate surface area is 204 Å². The van der Waals surface area contributed by atoms with Crippen LogP contribution in [0.5, 0.6) is 5.75 Å². The lowest BCUT2D eigenvalue weighted by Gasteiger charge is -2.44. The molecule has 2 aliphatic heterocycles. The Morgan fingerprint density at radius 3 is 2.56 bits per heavy atom. The molecule has 0 N–H and O–H groups in total. The van der Waals surface area contributed by atoms with Gasteiger partial charge in [0.25, 0.3) is 0 Å². The molecule has 3 aliphatic rings. The van der Waals surface area contributed by atoms with E-state index < -0.39 is 23.3 Å². The van der Waals surface area contributed by atoms with Gasteiger partial charge in [0.15, 0.2) is 0 Å². The maximum absolute atomic E-state index is 14.5. The van der Waals surface area contributed by atoms with Gasteiger partial charge in [0, 0.05) is 24.1 Å². The number of carbonyl (C=O) groups is 2. The van der Waals surface area contributed by atoms with E-state index in [0.717, 1.165) is 30.6 Å². The first-order valence-corrected chi connectivity index (χ1v) is 12.3. The molecule has 34 heavy (non-hydrogen) atoms. The van der Waals surface area contributed by atoms with Gasteiger partial charge in [0.2, 0.25) is 11.8 Å². The molecule has 2 fully saturated rings. The second kappa shape index (κ2) is 8.26. The van der Waals surface area contributed by atoms with E-state index in [1.807, 2.05) is 49.9 Å². The zero-order valence-electron chi connectivity index (χ0n) is 19.8. The van der Waals surface area contributed by atoms with Crippen molar-refractivity contribution in [2.75, 3.05) is 6.54 Å². The van der Waals surface area contributed by atoms with E-state index in [1.54, 1.807) is 11.0 Å². The maximum atomic E-state index is 14.5. The monoisotopic (exact) mass is 484 g/mol. The minimum Gasteiger partial charge on any atom is -0.485 e. The van der Waals surface area contributed by atoms with Crippen LogP contribution >= 0.6 is 11.6 Å². The van der Waals surface area contributed by atoms with E-state index in [4.69, 9.17) is 16.3 Å².